The third kappa shape index (κ3) is 3.98. The van der Waals surface area contributed by atoms with Gasteiger partial charge in [-0.25, -0.2) is 8.42 Å². The fourth-order valence-corrected chi connectivity index (χ4v) is 1.91. The van der Waals surface area contributed by atoms with Crippen LogP contribution in [0.3, 0.4) is 0 Å². The molecule has 0 atom stereocenters. The molecular formula is C13H19NO3S2. The van der Waals surface area contributed by atoms with Gasteiger partial charge in [-0.1, -0.05) is 6.07 Å². The summed E-state index contributed by atoms with van der Waals surface area (Å²) < 4.78 is 22.1. The molecule has 0 heterocycles. The minimum absolute atomic E-state index is 0.0703. The number of carbonyl (C=O) groups is 1. The largest absolute Gasteiger partial charge is 0.350 e. The van der Waals surface area contributed by atoms with Crippen molar-refractivity contribution in [2.75, 3.05) is 12.8 Å². The molecule has 0 fully saturated rings. The highest BCUT2D eigenvalue weighted by Gasteiger charge is 2.30. The number of sulfone groups is 1. The number of nitrogens with one attached hydrogen (secondary N) is 1. The van der Waals surface area contributed by atoms with Gasteiger partial charge in [-0.15, -0.1) is 12.6 Å². The molecule has 0 bridgehead atoms. The first kappa shape index (κ1) is 16.0. The van der Waals surface area contributed by atoms with Gasteiger partial charge in [0.1, 0.15) is 0 Å². The summed E-state index contributed by atoms with van der Waals surface area (Å²) >= 11 is 4.19. The SMILES string of the molecule is Cc1ccc(S)cc1C(=O)NCC(C)(C)S(C)(=O)=O. The van der Waals surface area contributed by atoms with Gasteiger partial charge in [-0.2, -0.15) is 0 Å². The lowest BCUT2D eigenvalue weighted by Crippen LogP contribution is -2.43. The summed E-state index contributed by atoms with van der Waals surface area (Å²) in [6.45, 7) is 5.07. The van der Waals surface area contributed by atoms with Crippen molar-refractivity contribution in [1.82, 2.24) is 5.32 Å². The summed E-state index contributed by atoms with van der Waals surface area (Å²) in [4.78, 5) is 12.7. The molecule has 1 aromatic carbocycles. The highest BCUT2D eigenvalue weighted by molar-refractivity contribution is 7.92. The van der Waals surface area contributed by atoms with Crippen LogP contribution in [-0.4, -0.2) is 31.9 Å². The fraction of sp³-hybridized carbons (Fsp3) is 0.462. The molecule has 6 heteroatoms. The summed E-state index contributed by atoms with van der Waals surface area (Å²) in [5.41, 5.74) is 1.34. The molecule has 106 valence electrons. The van der Waals surface area contributed by atoms with Crippen LogP contribution >= 0.6 is 12.6 Å². The van der Waals surface area contributed by atoms with E-state index in [9.17, 15) is 13.2 Å². The quantitative estimate of drug-likeness (QED) is 0.834. The van der Waals surface area contributed by atoms with Crippen LogP contribution in [0, 0.1) is 6.92 Å². The van der Waals surface area contributed by atoms with Crippen molar-refractivity contribution in [3.8, 4) is 0 Å². The number of rotatable bonds is 4. The Labute approximate surface area is 119 Å². The monoisotopic (exact) mass is 301 g/mol. The predicted molar refractivity (Wildman–Crippen MR) is 79.7 cm³/mol. The fourth-order valence-electron chi connectivity index (χ4n) is 1.37. The van der Waals surface area contributed by atoms with E-state index in [4.69, 9.17) is 0 Å². The van der Waals surface area contributed by atoms with Crippen molar-refractivity contribution < 1.29 is 13.2 Å². The molecule has 0 saturated carbocycles. The number of benzene rings is 1. The lowest BCUT2D eigenvalue weighted by Gasteiger charge is -2.23. The topological polar surface area (TPSA) is 63.2 Å². The molecule has 1 N–H and O–H groups in total. The summed E-state index contributed by atoms with van der Waals surface area (Å²) in [5.74, 6) is -0.287. The Kier molecular flexibility index (Phi) is 4.68. The number of carbonyl (C=O) groups excluding carboxylic acids is 1. The maximum absolute atomic E-state index is 12.1. The lowest BCUT2D eigenvalue weighted by atomic mass is 10.1. The number of aryl methyl sites for hydroxylation is 1. The Hall–Kier alpha value is -1.01. The maximum Gasteiger partial charge on any atom is 0.251 e. The van der Waals surface area contributed by atoms with Gasteiger partial charge in [0.2, 0.25) is 0 Å². The first-order chi connectivity index (χ1) is 8.54. The van der Waals surface area contributed by atoms with E-state index in [1.165, 1.54) is 6.26 Å². The zero-order chi connectivity index (χ0) is 14.8. The Balaban J connectivity index is 2.85. The van der Waals surface area contributed by atoms with Crippen molar-refractivity contribution in [3.63, 3.8) is 0 Å². The first-order valence-electron chi connectivity index (χ1n) is 5.82. The molecule has 0 aromatic heterocycles. The Morgan fingerprint density at radius 2 is 1.95 bits per heavy atom. The van der Waals surface area contributed by atoms with Gasteiger partial charge in [-0.3, -0.25) is 4.79 Å². The standard InChI is InChI=1S/C13H19NO3S2/c1-9-5-6-10(18)7-11(9)12(15)14-8-13(2,3)19(4,16)17/h5-7,18H,8H2,1-4H3,(H,14,15). The average molecular weight is 301 g/mol. The van der Waals surface area contributed by atoms with Gasteiger partial charge in [0.05, 0.1) is 4.75 Å². The molecule has 0 spiro atoms. The van der Waals surface area contributed by atoms with Crippen molar-refractivity contribution >= 4 is 28.4 Å². The van der Waals surface area contributed by atoms with Crippen LogP contribution in [0.5, 0.6) is 0 Å². The van der Waals surface area contributed by atoms with Gasteiger partial charge in [0, 0.05) is 23.3 Å². The molecule has 1 aromatic rings. The maximum atomic E-state index is 12.1. The molecule has 0 aliphatic heterocycles. The van der Waals surface area contributed by atoms with Crippen molar-refractivity contribution in [3.05, 3.63) is 29.3 Å². The molecule has 0 aliphatic carbocycles. The van der Waals surface area contributed by atoms with E-state index in [1.807, 2.05) is 6.92 Å². The van der Waals surface area contributed by atoms with E-state index < -0.39 is 14.6 Å². The molecule has 4 nitrogen and oxygen atoms in total. The van der Waals surface area contributed by atoms with Gasteiger partial charge in [0.25, 0.3) is 5.91 Å². The van der Waals surface area contributed by atoms with Gasteiger partial charge in [0.15, 0.2) is 9.84 Å². The zero-order valence-electron chi connectivity index (χ0n) is 11.5. The number of hydrogen-bond acceptors (Lipinski definition) is 4. The Bertz CT molecular complexity index is 592. The van der Waals surface area contributed by atoms with Crippen LogP contribution in [0.1, 0.15) is 29.8 Å². The van der Waals surface area contributed by atoms with Gasteiger partial charge in [-0.05, 0) is 38.5 Å². The van der Waals surface area contributed by atoms with E-state index in [1.54, 1.807) is 32.0 Å². The molecule has 0 radical (unpaired) electrons. The van der Waals surface area contributed by atoms with Crippen molar-refractivity contribution in [2.24, 2.45) is 0 Å². The third-order valence-corrected chi connectivity index (χ3v) is 5.57. The van der Waals surface area contributed by atoms with Crippen LogP contribution in [0.2, 0.25) is 0 Å². The summed E-state index contributed by atoms with van der Waals surface area (Å²) in [5, 5.41) is 2.66. The molecule has 0 saturated heterocycles. The third-order valence-electron chi connectivity index (χ3n) is 3.14. The Morgan fingerprint density at radius 3 is 2.47 bits per heavy atom. The van der Waals surface area contributed by atoms with Crippen molar-refractivity contribution in [1.29, 1.82) is 0 Å². The second-order valence-corrected chi connectivity index (χ2v) is 8.38. The van der Waals surface area contributed by atoms with E-state index in [-0.39, 0.29) is 12.5 Å². The summed E-state index contributed by atoms with van der Waals surface area (Å²) in [6.07, 6.45) is 1.17. The first-order valence-corrected chi connectivity index (χ1v) is 8.16. The van der Waals surface area contributed by atoms with Gasteiger partial charge < -0.3 is 5.32 Å². The lowest BCUT2D eigenvalue weighted by molar-refractivity contribution is 0.0949. The minimum atomic E-state index is -3.23. The van der Waals surface area contributed by atoms with Crippen molar-refractivity contribution in [2.45, 2.75) is 30.4 Å². The minimum Gasteiger partial charge on any atom is -0.350 e. The van der Waals surface area contributed by atoms with Crippen LogP contribution in [0.25, 0.3) is 0 Å². The van der Waals surface area contributed by atoms with Gasteiger partial charge >= 0.3 is 0 Å². The second kappa shape index (κ2) is 5.54. The highest BCUT2D eigenvalue weighted by Crippen LogP contribution is 2.16. The molecule has 0 unspecified atom stereocenters. The van der Waals surface area contributed by atoms with E-state index in [0.717, 1.165) is 5.56 Å². The molecular weight excluding hydrogens is 282 g/mol. The zero-order valence-corrected chi connectivity index (χ0v) is 13.2. The Morgan fingerprint density at radius 1 is 1.37 bits per heavy atom. The molecule has 1 rings (SSSR count). The summed E-state index contributed by atoms with van der Waals surface area (Å²) in [7, 11) is -3.23. The number of hydrogen-bond donors (Lipinski definition) is 2. The second-order valence-electron chi connectivity index (χ2n) is 5.21. The normalized spacial score (nSPS) is 12.3. The molecule has 0 aliphatic rings. The van der Waals surface area contributed by atoms with E-state index in [2.05, 4.69) is 17.9 Å². The molecule has 1 amide bonds. The van der Waals surface area contributed by atoms with Crippen LogP contribution < -0.4 is 5.32 Å². The number of thiol groups is 1. The smallest absolute Gasteiger partial charge is 0.251 e. The van der Waals surface area contributed by atoms with E-state index in [0.29, 0.717) is 10.5 Å². The van der Waals surface area contributed by atoms with Crippen LogP contribution in [0.15, 0.2) is 23.1 Å². The van der Waals surface area contributed by atoms with E-state index >= 15 is 0 Å². The predicted octanol–water partition coefficient (Wildman–Crippen LogP) is 1.84. The summed E-state index contributed by atoms with van der Waals surface area (Å²) in [6, 6.07) is 5.27. The highest BCUT2D eigenvalue weighted by atomic mass is 32.2. The van der Waals surface area contributed by atoms with Crippen LogP contribution in [0.4, 0.5) is 0 Å². The number of amides is 1. The van der Waals surface area contributed by atoms with Crippen LogP contribution in [-0.2, 0) is 9.84 Å². The average Bonchev–Trinajstić information content (AvgIpc) is 2.28. The molecule has 19 heavy (non-hydrogen) atoms.